The van der Waals surface area contributed by atoms with Crippen LogP contribution in [0.3, 0.4) is 0 Å². The second-order valence-electron chi connectivity index (χ2n) is 8.33. The molecule has 3 aromatic carbocycles. The van der Waals surface area contributed by atoms with E-state index in [1.807, 2.05) is 0 Å². The molecule has 11 heteroatoms. The van der Waals surface area contributed by atoms with Crippen molar-refractivity contribution < 1.29 is 27.5 Å². The molecule has 1 N–H and O–H groups in total. The summed E-state index contributed by atoms with van der Waals surface area (Å²) in [5, 5.41) is 2.85. The Bertz CT molecular complexity index is 1380. The number of methoxy groups -OCH3 is 2. The maximum absolute atomic E-state index is 13.8. The maximum atomic E-state index is 13.8. The summed E-state index contributed by atoms with van der Waals surface area (Å²) < 4.78 is 39.0. The number of rotatable bonds is 11. The largest absolute Gasteiger partial charge is 0.497 e. The van der Waals surface area contributed by atoms with Gasteiger partial charge in [0, 0.05) is 18.6 Å². The van der Waals surface area contributed by atoms with Gasteiger partial charge in [-0.3, -0.25) is 13.9 Å². The number of likely N-dealkylation sites (N-methyl/N-ethyl adjacent to an activating group) is 1. The number of halogens is 1. The van der Waals surface area contributed by atoms with Gasteiger partial charge in [0.15, 0.2) is 0 Å². The van der Waals surface area contributed by atoms with E-state index in [-0.39, 0.29) is 17.1 Å². The van der Waals surface area contributed by atoms with Crippen molar-refractivity contribution in [3.63, 3.8) is 0 Å². The van der Waals surface area contributed by atoms with Gasteiger partial charge in [-0.05, 0) is 67.1 Å². The van der Waals surface area contributed by atoms with Crippen molar-refractivity contribution in [2.45, 2.75) is 24.4 Å². The number of nitrogens with zero attached hydrogens (tertiary/aromatic N) is 2. The van der Waals surface area contributed by atoms with Gasteiger partial charge in [-0.1, -0.05) is 29.8 Å². The Morgan fingerprint density at radius 2 is 1.61 bits per heavy atom. The highest BCUT2D eigenvalue weighted by Crippen LogP contribution is 2.28. The average Bonchev–Trinajstić information content (AvgIpc) is 2.93. The van der Waals surface area contributed by atoms with Crippen LogP contribution in [0, 0.1) is 0 Å². The quantitative estimate of drug-likeness (QED) is 0.384. The Kier molecular flexibility index (Phi) is 9.60. The van der Waals surface area contributed by atoms with E-state index in [1.54, 1.807) is 49.4 Å². The molecule has 0 aliphatic rings. The molecule has 0 radical (unpaired) electrons. The summed E-state index contributed by atoms with van der Waals surface area (Å²) in [6.45, 7) is 1.06. The van der Waals surface area contributed by atoms with Crippen LogP contribution in [0.4, 0.5) is 5.69 Å². The molecular formula is C27H30ClN3O6S. The number of benzene rings is 3. The molecule has 0 aliphatic heterocycles. The molecule has 3 rings (SSSR count). The molecule has 0 saturated carbocycles. The van der Waals surface area contributed by atoms with E-state index >= 15 is 0 Å². The smallest absolute Gasteiger partial charge is 0.264 e. The normalized spacial score (nSPS) is 11.8. The number of anilines is 1. The van der Waals surface area contributed by atoms with Crippen LogP contribution in [0.15, 0.2) is 77.7 Å². The van der Waals surface area contributed by atoms with E-state index in [0.29, 0.717) is 22.1 Å². The molecule has 2 amide bonds. The summed E-state index contributed by atoms with van der Waals surface area (Å²) in [6, 6.07) is 18.3. The van der Waals surface area contributed by atoms with Crippen molar-refractivity contribution in [3.8, 4) is 11.5 Å². The van der Waals surface area contributed by atoms with Crippen molar-refractivity contribution in [2.24, 2.45) is 0 Å². The standard InChI is InChI=1S/C27H30ClN3O6S/c1-19(27(33)29-2)30(17-20-7-5-10-24(15-20)37-4)26(32)18-31(22-9-6-8-21(28)16-22)38(34,35)25-13-11-23(36-3)12-14-25/h5-16,19H,17-18H2,1-4H3,(H,29,33)/t19-/m0/s1. The third-order valence-corrected chi connectivity index (χ3v) is 7.95. The van der Waals surface area contributed by atoms with Gasteiger partial charge in [-0.25, -0.2) is 8.42 Å². The van der Waals surface area contributed by atoms with Crippen molar-refractivity contribution in [1.29, 1.82) is 0 Å². The summed E-state index contributed by atoms with van der Waals surface area (Å²) in [5.41, 5.74) is 0.913. The molecule has 38 heavy (non-hydrogen) atoms. The number of hydrogen-bond donors (Lipinski definition) is 1. The highest BCUT2D eigenvalue weighted by molar-refractivity contribution is 7.92. The first kappa shape index (κ1) is 28.8. The van der Waals surface area contributed by atoms with Crippen molar-refractivity contribution in [1.82, 2.24) is 10.2 Å². The fourth-order valence-corrected chi connectivity index (χ4v) is 5.38. The van der Waals surface area contributed by atoms with Gasteiger partial charge in [0.2, 0.25) is 11.8 Å². The minimum absolute atomic E-state index is 0.0372. The Morgan fingerprint density at radius 1 is 0.947 bits per heavy atom. The Morgan fingerprint density at radius 3 is 2.21 bits per heavy atom. The first-order valence-corrected chi connectivity index (χ1v) is 13.5. The lowest BCUT2D eigenvalue weighted by Gasteiger charge is -2.32. The Balaban J connectivity index is 2.03. The second-order valence-corrected chi connectivity index (χ2v) is 10.6. The molecule has 0 saturated heterocycles. The zero-order chi connectivity index (χ0) is 27.9. The molecular weight excluding hydrogens is 530 g/mol. The highest BCUT2D eigenvalue weighted by atomic mass is 35.5. The summed E-state index contributed by atoms with van der Waals surface area (Å²) >= 11 is 6.17. The Hall–Kier alpha value is -3.76. The maximum Gasteiger partial charge on any atom is 0.264 e. The third kappa shape index (κ3) is 6.76. The van der Waals surface area contributed by atoms with Gasteiger partial charge in [0.05, 0.1) is 24.8 Å². The summed E-state index contributed by atoms with van der Waals surface area (Å²) in [4.78, 5) is 27.6. The molecule has 0 heterocycles. The SMILES string of the molecule is CNC(=O)[C@H](C)N(Cc1cccc(OC)c1)C(=O)CN(c1cccc(Cl)c1)S(=O)(=O)c1ccc(OC)cc1. The first-order valence-electron chi connectivity index (χ1n) is 11.7. The summed E-state index contributed by atoms with van der Waals surface area (Å²) in [5.74, 6) is 0.0953. The fourth-order valence-electron chi connectivity index (χ4n) is 3.79. The van der Waals surface area contributed by atoms with Crippen molar-refractivity contribution >= 4 is 39.1 Å². The average molecular weight is 560 g/mol. The molecule has 0 unspecified atom stereocenters. The lowest BCUT2D eigenvalue weighted by molar-refractivity contribution is -0.139. The van der Waals surface area contributed by atoms with Gasteiger partial charge in [0.1, 0.15) is 24.1 Å². The lowest BCUT2D eigenvalue weighted by Crippen LogP contribution is -2.50. The fraction of sp³-hybridized carbons (Fsp3) is 0.259. The molecule has 0 spiro atoms. The van der Waals surface area contributed by atoms with Crippen LogP contribution in [-0.2, 0) is 26.2 Å². The highest BCUT2D eigenvalue weighted by Gasteiger charge is 2.32. The lowest BCUT2D eigenvalue weighted by atomic mass is 10.1. The van der Waals surface area contributed by atoms with Gasteiger partial charge >= 0.3 is 0 Å². The van der Waals surface area contributed by atoms with Crippen LogP contribution in [0.2, 0.25) is 5.02 Å². The van der Waals surface area contributed by atoms with Crippen LogP contribution < -0.4 is 19.1 Å². The van der Waals surface area contributed by atoms with Crippen LogP contribution >= 0.6 is 11.6 Å². The van der Waals surface area contributed by atoms with Crippen LogP contribution in [0.25, 0.3) is 0 Å². The topological polar surface area (TPSA) is 105 Å². The minimum Gasteiger partial charge on any atom is -0.497 e. The Labute approximate surface area is 228 Å². The van der Waals surface area contributed by atoms with E-state index in [4.69, 9.17) is 21.1 Å². The van der Waals surface area contributed by atoms with Crippen LogP contribution in [0.5, 0.6) is 11.5 Å². The summed E-state index contributed by atoms with van der Waals surface area (Å²) in [7, 11) is 0.270. The third-order valence-electron chi connectivity index (χ3n) is 5.92. The van der Waals surface area contributed by atoms with E-state index in [2.05, 4.69) is 5.32 Å². The zero-order valence-electron chi connectivity index (χ0n) is 21.5. The second kappa shape index (κ2) is 12.7. The number of nitrogens with one attached hydrogen (secondary N) is 1. The number of amides is 2. The van der Waals surface area contributed by atoms with E-state index in [0.717, 1.165) is 4.31 Å². The summed E-state index contributed by atoms with van der Waals surface area (Å²) in [6.07, 6.45) is 0. The van der Waals surface area contributed by atoms with E-state index in [9.17, 15) is 18.0 Å². The van der Waals surface area contributed by atoms with Crippen molar-refractivity contribution in [2.75, 3.05) is 32.1 Å². The van der Waals surface area contributed by atoms with E-state index < -0.39 is 34.4 Å². The number of hydrogen-bond acceptors (Lipinski definition) is 6. The predicted octanol–water partition coefficient (Wildman–Crippen LogP) is 3.72. The van der Waals surface area contributed by atoms with Gasteiger partial charge in [-0.2, -0.15) is 0 Å². The molecule has 3 aromatic rings. The minimum atomic E-state index is -4.21. The monoisotopic (exact) mass is 559 g/mol. The molecule has 202 valence electrons. The molecule has 0 bridgehead atoms. The number of carbonyl (C=O) groups is 2. The van der Waals surface area contributed by atoms with Crippen LogP contribution in [-0.4, -0.2) is 59.0 Å². The predicted molar refractivity (Wildman–Crippen MR) is 146 cm³/mol. The number of ether oxygens (including phenoxy) is 2. The van der Waals surface area contributed by atoms with Gasteiger partial charge in [-0.15, -0.1) is 0 Å². The number of carbonyl (C=O) groups excluding carboxylic acids is 2. The van der Waals surface area contributed by atoms with Gasteiger partial charge in [0.25, 0.3) is 10.0 Å². The molecule has 9 nitrogen and oxygen atoms in total. The molecule has 0 aromatic heterocycles. The van der Waals surface area contributed by atoms with E-state index in [1.165, 1.54) is 56.5 Å². The number of sulfonamides is 1. The first-order chi connectivity index (χ1) is 18.1. The molecule has 0 aliphatic carbocycles. The van der Waals surface area contributed by atoms with Crippen molar-refractivity contribution in [3.05, 3.63) is 83.4 Å². The zero-order valence-corrected chi connectivity index (χ0v) is 23.1. The van der Waals surface area contributed by atoms with Gasteiger partial charge < -0.3 is 19.7 Å². The van der Waals surface area contributed by atoms with Crippen LogP contribution in [0.1, 0.15) is 12.5 Å². The molecule has 1 atom stereocenters. The molecule has 0 fully saturated rings.